The smallest absolute Gasteiger partial charge is 0.282 e. The van der Waals surface area contributed by atoms with Gasteiger partial charge in [-0.1, -0.05) is 5.21 Å². The van der Waals surface area contributed by atoms with E-state index in [0.29, 0.717) is 0 Å². The Hall–Kier alpha value is -1.04. The molecular formula is C5H7F2N3O. The van der Waals surface area contributed by atoms with Crippen molar-refractivity contribution in [3.8, 4) is 0 Å². The van der Waals surface area contributed by atoms with Crippen LogP contribution in [-0.4, -0.2) is 20.1 Å². The topological polar surface area (TPSA) is 50.9 Å². The molecule has 6 heteroatoms. The Labute approximate surface area is 61.4 Å². The van der Waals surface area contributed by atoms with Crippen molar-refractivity contribution >= 4 is 0 Å². The number of rotatable bonds is 2. The minimum absolute atomic E-state index is 0.0671. The van der Waals surface area contributed by atoms with Gasteiger partial charge in [-0.2, -0.15) is 0 Å². The van der Waals surface area contributed by atoms with Gasteiger partial charge in [0.25, 0.3) is 6.43 Å². The SMILES string of the molecule is Cn1nnc(CO)c1C(F)F. The molecule has 1 rings (SSSR count). The van der Waals surface area contributed by atoms with E-state index in [-0.39, 0.29) is 11.4 Å². The van der Waals surface area contributed by atoms with Gasteiger partial charge in [0, 0.05) is 7.05 Å². The van der Waals surface area contributed by atoms with E-state index >= 15 is 0 Å². The molecule has 0 fully saturated rings. The van der Waals surface area contributed by atoms with E-state index in [2.05, 4.69) is 10.3 Å². The molecule has 62 valence electrons. The van der Waals surface area contributed by atoms with Crippen LogP contribution in [0.2, 0.25) is 0 Å². The Balaban J connectivity index is 3.07. The van der Waals surface area contributed by atoms with Gasteiger partial charge in [-0.25, -0.2) is 13.5 Å². The molecule has 1 heterocycles. The molecule has 0 aliphatic heterocycles. The lowest BCUT2D eigenvalue weighted by Gasteiger charge is -1.98. The fourth-order valence-corrected chi connectivity index (χ4v) is 0.787. The number of aryl methyl sites for hydroxylation is 1. The first kappa shape index (κ1) is 8.06. The molecular weight excluding hydrogens is 156 g/mol. The van der Waals surface area contributed by atoms with Crippen LogP contribution < -0.4 is 0 Å². The van der Waals surface area contributed by atoms with Crippen LogP contribution >= 0.6 is 0 Å². The van der Waals surface area contributed by atoms with E-state index < -0.39 is 13.0 Å². The average Bonchev–Trinajstić information content (AvgIpc) is 2.30. The van der Waals surface area contributed by atoms with Crippen LogP contribution in [0.4, 0.5) is 8.78 Å². The van der Waals surface area contributed by atoms with Gasteiger partial charge in [-0.15, -0.1) is 5.10 Å². The number of alkyl halides is 2. The third kappa shape index (κ3) is 1.35. The lowest BCUT2D eigenvalue weighted by Crippen LogP contribution is -2.00. The Morgan fingerprint density at radius 1 is 1.64 bits per heavy atom. The Bertz CT molecular complexity index is 248. The van der Waals surface area contributed by atoms with Crippen molar-refractivity contribution in [1.29, 1.82) is 0 Å². The third-order valence-electron chi connectivity index (χ3n) is 1.30. The highest BCUT2D eigenvalue weighted by Gasteiger charge is 2.18. The number of hydrogen-bond donors (Lipinski definition) is 1. The molecule has 0 unspecified atom stereocenters. The molecule has 0 amide bonds. The first-order chi connectivity index (χ1) is 5.16. The van der Waals surface area contributed by atoms with Crippen LogP contribution in [0.15, 0.2) is 0 Å². The Kier molecular flexibility index (Phi) is 2.13. The summed E-state index contributed by atoms with van der Waals surface area (Å²) in [4.78, 5) is 0. The molecule has 0 radical (unpaired) electrons. The van der Waals surface area contributed by atoms with E-state index in [1.54, 1.807) is 0 Å². The number of nitrogens with zero attached hydrogens (tertiary/aromatic N) is 3. The lowest BCUT2D eigenvalue weighted by atomic mass is 10.3. The molecule has 1 aromatic heterocycles. The number of aromatic nitrogens is 3. The summed E-state index contributed by atoms with van der Waals surface area (Å²) in [5.41, 5.74) is -0.394. The summed E-state index contributed by atoms with van der Waals surface area (Å²) in [5, 5.41) is 15.2. The number of hydrogen-bond acceptors (Lipinski definition) is 3. The fourth-order valence-electron chi connectivity index (χ4n) is 0.787. The van der Waals surface area contributed by atoms with Crippen molar-refractivity contribution in [2.24, 2.45) is 7.05 Å². The van der Waals surface area contributed by atoms with E-state index in [1.165, 1.54) is 7.05 Å². The fraction of sp³-hybridized carbons (Fsp3) is 0.600. The van der Waals surface area contributed by atoms with Crippen LogP contribution in [0.25, 0.3) is 0 Å². The van der Waals surface area contributed by atoms with Gasteiger partial charge in [0.15, 0.2) is 0 Å². The quantitative estimate of drug-likeness (QED) is 0.679. The highest BCUT2D eigenvalue weighted by molar-refractivity contribution is 5.09. The molecule has 0 aromatic carbocycles. The van der Waals surface area contributed by atoms with Crippen LogP contribution in [0.3, 0.4) is 0 Å². The highest BCUT2D eigenvalue weighted by atomic mass is 19.3. The van der Waals surface area contributed by atoms with Crippen molar-refractivity contribution in [3.63, 3.8) is 0 Å². The van der Waals surface area contributed by atoms with Crippen LogP contribution in [0.5, 0.6) is 0 Å². The molecule has 0 aliphatic carbocycles. The van der Waals surface area contributed by atoms with Crippen molar-refractivity contribution < 1.29 is 13.9 Å². The summed E-state index contributed by atoms with van der Waals surface area (Å²) < 4.78 is 25.1. The first-order valence-electron chi connectivity index (χ1n) is 2.94. The zero-order valence-corrected chi connectivity index (χ0v) is 5.83. The summed E-state index contributed by atoms with van der Waals surface area (Å²) in [5.74, 6) is 0. The van der Waals surface area contributed by atoms with E-state index in [9.17, 15) is 8.78 Å². The average molecular weight is 163 g/mol. The second kappa shape index (κ2) is 2.91. The summed E-state index contributed by atoms with van der Waals surface area (Å²) >= 11 is 0. The summed E-state index contributed by atoms with van der Waals surface area (Å²) in [7, 11) is 1.35. The molecule has 11 heavy (non-hydrogen) atoms. The first-order valence-corrected chi connectivity index (χ1v) is 2.94. The number of aliphatic hydroxyl groups excluding tert-OH is 1. The minimum Gasteiger partial charge on any atom is -0.390 e. The minimum atomic E-state index is -2.64. The van der Waals surface area contributed by atoms with Gasteiger partial charge < -0.3 is 5.11 Å². The van der Waals surface area contributed by atoms with Crippen molar-refractivity contribution in [2.45, 2.75) is 13.0 Å². The molecule has 0 atom stereocenters. The summed E-state index contributed by atoms with van der Waals surface area (Å²) in [6, 6.07) is 0. The van der Waals surface area contributed by atoms with E-state index in [4.69, 9.17) is 5.11 Å². The van der Waals surface area contributed by atoms with Gasteiger partial charge >= 0.3 is 0 Å². The predicted molar refractivity (Wildman–Crippen MR) is 31.9 cm³/mol. The maximum absolute atomic E-state index is 12.1. The molecule has 0 bridgehead atoms. The zero-order chi connectivity index (χ0) is 8.43. The van der Waals surface area contributed by atoms with Crippen molar-refractivity contribution in [1.82, 2.24) is 15.0 Å². The Morgan fingerprint density at radius 2 is 2.27 bits per heavy atom. The zero-order valence-electron chi connectivity index (χ0n) is 5.83. The standard InChI is InChI=1S/C5H7F2N3O/c1-10-4(5(6)7)3(2-11)8-9-10/h5,11H,2H2,1H3. The van der Waals surface area contributed by atoms with Gasteiger partial charge in [-0.3, -0.25) is 0 Å². The molecule has 0 saturated carbocycles. The van der Waals surface area contributed by atoms with Crippen molar-refractivity contribution in [3.05, 3.63) is 11.4 Å². The van der Waals surface area contributed by atoms with Crippen LogP contribution in [0.1, 0.15) is 17.8 Å². The van der Waals surface area contributed by atoms with Crippen molar-refractivity contribution in [2.75, 3.05) is 0 Å². The summed E-state index contributed by atoms with van der Waals surface area (Å²) in [6.45, 7) is -0.506. The Morgan fingerprint density at radius 3 is 2.64 bits per heavy atom. The monoisotopic (exact) mass is 163 g/mol. The van der Waals surface area contributed by atoms with Crippen LogP contribution in [0, 0.1) is 0 Å². The van der Waals surface area contributed by atoms with Gasteiger partial charge in [0.05, 0.1) is 6.61 Å². The maximum Gasteiger partial charge on any atom is 0.282 e. The van der Waals surface area contributed by atoms with Gasteiger partial charge in [-0.05, 0) is 0 Å². The maximum atomic E-state index is 12.1. The number of aliphatic hydroxyl groups is 1. The molecule has 1 N–H and O–H groups in total. The molecule has 4 nitrogen and oxygen atoms in total. The summed E-state index contributed by atoms with van der Waals surface area (Å²) in [6.07, 6.45) is -2.64. The largest absolute Gasteiger partial charge is 0.390 e. The molecule has 0 spiro atoms. The van der Waals surface area contributed by atoms with Gasteiger partial charge in [0.1, 0.15) is 11.4 Å². The van der Waals surface area contributed by atoms with Crippen LogP contribution in [-0.2, 0) is 13.7 Å². The second-order valence-electron chi connectivity index (χ2n) is 2.00. The predicted octanol–water partition coefficient (Wildman–Crippen LogP) is 0.245. The molecule has 1 aromatic rings. The second-order valence-corrected chi connectivity index (χ2v) is 2.00. The van der Waals surface area contributed by atoms with E-state index in [0.717, 1.165) is 4.68 Å². The van der Waals surface area contributed by atoms with Gasteiger partial charge in [0.2, 0.25) is 0 Å². The molecule has 0 saturated heterocycles. The normalized spacial score (nSPS) is 11.0. The number of halogens is 2. The van der Waals surface area contributed by atoms with E-state index in [1.807, 2.05) is 0 Å². The lowest BCUT2D eigenvalue weighted by molar-refractivity contribution is 0.136. The molecule has 0 aliphatic rings. The highest BCUT2D eigenvalue weighted by Crippen LogP contribution is 2.19. The third-order valence-corrected chi connectivity index (χ3v) is 1.30.